The van der Waals surface area contributed by atoms with E-state index in [4.69, 9.17) is 10.5 Å². The van der Waals surface area contributed by atoms with E-state index in [1.165, 1.54) is 23.5 Å². The van der Waals surface area contributed by atoms with Crippen LogP contribution in [0.3, 0.4) is 0 Å². The maximum absolute atomic E-state index is 13.3. The number of nitrogens with two attached hydrogens (primary N) is 1. The lowest BCUT2D eigenvalue weighted by Crippen LogP contribution is -2.20. The van der Waals surface area contributed by atoms with E-state index in [9.17, 15) is 9.65 Å². The van der Waals surface area contributed by atoms with Crippen molar-refractivity contribution in [3.8, 4) is 23.2 Å². The molecule has 0 amide bonds. The molecule has 5 nitrogen and oxygen atoms in total. The molecule has 4 rings (SSSR count). The van der Waals surface area contributed by atoms with Gasteiger partial charge >= 0.3 is 0 Å². The molecule has 1 atom stereocenters. The zero-order valence-corrected chi connectivity index (χ0v) is 15.0. The molecule has 124 valence electrons. The van der Waals surface area contributed by atoms with Crippen LogP contribution >= 0.6 is 27.3 Å². The van der Waals surface area contributed by atoms with Crippen LogP contribution in [0.1, 0.15) is 16.4 Å². The first-order valence-electron chi connectivity index (χ1n) is 7.25. The molecule has 0 unspecified atom stereocenters. The van der Waals surface area contributed by atoms with Crippen molar-refractivity contribution >= 4 is 27.3 Å². The molecule has 0 bridgehead atoms. The largest absolute Gasteiger partial charge is 0.420 e. The number of fused-ring (bicyclic) bond motifs is 1. The topological polar surface area (TPSA) is 87.7 Å². The first-order valence-corrected chi connectivity index (χ1v) is 8.86. The van der Waals surface area contributed by atoms with E-state index >= 15 is 0 Å². The Morgan fingerprint density at radius 2 is 2.04 bits per heavy atom. The van der Waals surface area contributed by atoms with Crippen LogP contribution in [0.4, 0.5) is 4.39 Å². The van der Waals surface area contributed by atoms with E-state index in [0.717, 1.165) is 14.2 Å². The summed E-state index contributed by atoms with van der Waals surface area (Å²) < 4.78 is 19.7. The predicted octanol–water partition coefficient (Wildman–Crippen LogP) is 4.26. The average molecular weight is 417 g/mol. The maximum atomic E-state index is 13.3. The van der Waals surface area contributed by atoms with Crippen molar-refractivity contribution in [1.29, 1.82) is 5.26 Å². The summed E-state index contributed by atoms with van der Waals surface area (Å²) in [5.41, 5.74) is 8.39. The number of rotatable bonds is 2. The SMILES string of the molecule is N#CC1=C(N)Oc2n[nH]c(-c3ccc(F)cc3)c2[C@H]1c1ccc(Br)s1. The van der Waals surface area contributed by atoms with Gasteiger partial charge < -0.3 is 10.5 Å². The number of hydrogen-bond acceptors (Lipinski definition) is 5. The molecular weight excluding hydrogens is 407 g/mol. The normalized spacial score (nSPS) is 16.3. The minimum absolute atomic E-state index is 0.0432. The maximum Gasteiger partial charge on any atom is 0.244 e. The van der Waals surface area contributed by atoms with Crippen LogP contribution in [0.15, 0.2) is 51.6 Å². The molecule has 1 aliphatic rings. The number of H-pyrrole nitrogens is 1. The molecule has 0 saturated heterocycles. The summed E-state index contributed by atoms with van der Waals surface area (Å²) in [6, 6.07) is 12.0. The van der Waals surface area contributed by atoms with Crippen LogP contribution in [-0.4, -0.2) is 10.2 Å². The standard InChI is InChI=1S/C17H10BrFN4OS/c18-12-6-5-11(25-12)13-10(7-20)16(21)24-17-14(13)15(22-23-17)8-1-3-9(19)4-2-8/h1-6,13H,21H2,(H,22,23)/t13-/m1/s1. The summed E-state index contributed by atoms with van der Waals surface area (Å²) in [6.07, 6.45) is 0. The van der Waals surface area contributed by atoms with Crippen molar-refractivity contribution < 1.29 is 9.13 Å². The number of nitriles is 1. The van der Waals surface area contributed by atoms with Gasteiger partial charge in [-0.1, -0.05) is 0 Å². The van der Waals surface area contributed by atoms with E-state index in [2.05, 4.69) is 32.2 Å². The average Bonchev–Trinajstić information content (AvgIpc) is 3.20. The number of ether oxygens (including phenoxy) is 1. The monoisotopic (exact) mass is 416 g/mol. The van der Waals surface area contributed by atoms with E-state index in [1.807, 2.05) is 12.1 Å². The Kier molecular flexibility index (Phi) is 3.82. The molecular formula is C17H10BrFN4OS. The molecule has 2 aromatic heterocycles. The lowest BCUT2D eigenvalue weighted by molar-refractivity contribution is 0.379. The van der Waals surface area contributed by atoms with Gasteiger partial charge in [0.15, 0.2) is 0 Å². The number of aromatic amines is 1. The van der Waals surface area contributed by atoms with Crippen LogP contribution < -0.4 is 10.5 Å². The number of halogens is 2. The van der Waals surface area contributed by atoms with Crippen LogP contribution in [0, 0.1) is 17.1 Å². The van der Waals surface area contributed by atoms with E-state index in [0.29, 0.717) is 22.7 Å². The van der Waals surface area contributed by atoms with Gasteiger partial charge in [-0.15, -0.1) is 16.4 Å². The zero-order chi connectivity index (χ0) is 17.6. The smallest absolute Gasteiger partial charge is 0.244 e. The molecule has 1 aliphatic heterocycles. The van der Waals surface area contributed by atoms with Gasteiger partial charge in [0.05, 0.1) is 21.0 Å². The van der Waals surface area contributed by atoms with Crippen LogP contribution in [0.25, 0.3) is 11.3 Å². The summed E-state index contributed by atoms with van der Waals surface area (Å²) in [6.45, 7) is 0. The van der Waals surface area contributed by atoms with Crippen molar-refractivity contribution in [3.63, 3.8) is 0 Å². The number of thiophene rings is 1. The summed E-state index contributed by atoms with van der Waals surface area (Å²) in [5, 5.41) is 16.7. The fourth-order valence-electron chi connectivity index (χ4n) is 2.85. The highest BCUT2D eigenvalue weighted by atomic mass is 79.9. The van der Waals surface area contributed by atoms with Gasteiger partial charge in [-0.25, -0.2) is 4.39 Å². The second-order valence-corrected chi connectivity index (χ2v) is 7.89. The number of benzene rings is 1. The van der Waals surface area contributed by atoms with Gasteiger partial charge in [-0.2, -0.15) is 5.26 Å². The Bertz CT molecular complexity index is 1030. The Labute approximate surface area is 154 Å². The predicted molar refractivity (Wildman–Crippen MR) is 95.3 cm³/mol. The molecule has 0 spiro atoms. The summed E-state index contributed by atoms with van der Waals surface area (Å²) in [7, 11) is 0. The second kappa shape index (κ2) is 6.02. The van der Waals surface area contributed by atoms with Gasteiger partial charge in [-0.05, 0) is 52.3 Å². The fraction of sp³-hybridized carbons (Fsp3) is 0.0588. The second-order valence-electron chi connectivity index (χ2n) is 5.39. The van der Waals surface area contributed by atoms with Gasteiger partial charge in [0.1, 0.15) is 17.5 Å². The highest BCUT2D eigenvalue weighted by molar-refractivity contribution is 9.11. The van der Waals surface area contributed by atoms with Gasteiger partial charge in [-0.3, -0.25) is 5.10 Å². The summed E-state index contributed by atoms with van der Waals surface area (Å²) in [4.78, 5) is 0.931. The molecule has 0 radical (unpaired) electrons. The third-order valence-corrected chi connectivity index (χ3v) is 5.64. The van der Waals surface area contributed by atoms with Crippen molar-refractivity contribution in [3.05, 3.63) is 67.9 Å². The zero-order valence-electron chi connectivity index (χ0n) is 12.6. The van der Waals surface area contributed by atoms with Gasteiger partial charge in [0.2, 0.25) is 11.8 Å². The van der Waals surface area contributed by atoms with Crippen LogP contribution in [0.5, 0.6) is 5.88 Å². The highest BCUT2D eigenvalue weighted by Gasteiger charge is 2.36. The van der Waals surface area contributed by atoms with Crippen LogP contribution in [-0.2, 0) is 0 Å². The molecule has 0 aliphatic carbocycles. The van der Waals surface area contributed by atoms with Crippen LogP contribution in [0.2, 0.25) is 0 Å². The molecule has 0 saturated carbocycles. The summed E-state index contributed by atoms with van der Waals surface area (Å²) >= 11 is 4.96. The molecule has 1 aromatic carbocycles. The number of nitrogens with zero attached hydrogens (tertiary/aromatic N) is 2. The number of hydrogen-bond donors (Lipinski definition) is 2. The molecule has 3 N–H and O–H groups in total. The number of nitrogens with one attached hydrogen (secondary N) is 1. The Balaban J connectivity index is 1.94. The van der Waals surface area contributed by atoms with E-state index in [-0.39, 0.29) is 11.7 Å². The Morgan fingerprint density at radius 3 is 2.68 bits per heavy atom. The van der Waals surface area contributed by atoms with Crippen molar-refractivity contribution in [2.45, 2.75) is 5.92 Å². The molecule has 0 fully saturated rings. The third-order valence-electron chi connectivity index (χ3n) is 3.95. The van der Waals surface area contributed by atoms with Crippen molar-refractivity contribution in [2.75, 3.05) is 0 Å². The Morgan fingerprint density at radius 1 is 1.28 bits per heavy atom. The molecule has 25 heavy (non-hydrogen) atoms. The van der Waals surface area contributed by atoms with Crippen molar-refractivity contribution in [1.82, 2.24) is 10.2 Å². The minimum Gasteiger partial charge on any atom is -0.420 e. The molecule has 3 aromatic rings. The Hall–Kier alpha value is -2.63. The van der Waals surface area contributed by atoms with E-state index in [1.54, 1.807) is 12.1 Å². The fourth-order valence-corrected chi connectivity index (χ4v) is 4.39. The van der Waals surface area contributed by atoms with Crippen molar-refractivity contribution in [2.24, 2.45) is 5.73 Å². The first-order chi connectivity index (χ1) is 12.1. The van der Waals surface area contributed by atoms with Gasteiger partial charge in [0, 0.05) is 10.4 Å². The molecule has 8 heteroatoms. The lowest BCUT2D eigenvalue weighted by atomic mass is 9.87. The van der Waals surface area contributed by atoms with E-state index < -0.39 is 5.92 Å². The highest BCUT2D eigenvalue weighted by Crippen LogP contribution is 2.47. The minimum atomic E-state index is -0.399. The van der Waals surface area contributed by atoms with Gasteiger partial charge in [0.25, 0.3) is 0 Å². The number of allylic oxidation sites excluding steroid dienone is 1. The first kappa shape index (κ1) is 15.9. The third kappa shape index (κ3) is 2.62. The quantitative estimate of drug-likeness (QED) is 0.653. The molecule has 3 heterocycles. The number of aromatic nitrogens is 2. The lowest BCUT2D eigenvalue weighted by Gasteiger charge is -2.22. The summed E-state index contributed by atoms with van der Waals surface area (Å²) in [5.74, 6) is -0.357.